The van der Waals surface area contributed by atoms with Crippen molar-refractivity contribution in [3.05, 3.63) is 88.9 Å². The summed E-state index contributed by atoms with van der Waals surface area (Å²) in [5.41, 5.74) is 3.47. The van der Waals surface area contributed by atoms with E-state index in [1.54, 1.807) is 66.7 Å². The molecule has 0 radical (unpaired) electrons. The molecule has 7 nitrogen and oxygen atoms in total. The Bertz CT molecular complexity index is 1090. The number of carbonyl (C=O) groups is 2. The van der Waals surface area contributed by atoms with Crippen LogP contribution in [0.1, 0.15) is 22.8 Å². The molecule has 0 atom stereocenters. The molecule has 3 rings (SSSR count). The highest BCUT2D eigenvalue weighted by Crippen LogP contribution is 2.29. The molecule has 0 heterocycles. The Morgan fingerprint density at radius 3 is 2.44 bits per heavy atom. The summed E-state index contributed by atoms with van der Waals surface area (Å²) in [7, 11) is 0. The molecule has 1 N–H and O–H groups in total. The average Bonchev–Trinajstić information content (AvgIpc) is 2.81. The Morgan fingerprint density at radius 1 is 0.969 bits per heavy atom. The van der Waals surface area contributed by atoms with Gasteiger partial charge in [0.05, 0.1) is 18.4 Å². The van der Waals surface area contributed by atoms with Crippen molar-refractivity contribution in [2.45, 2.75) is 6.92 Å². The molecule has 0 aromatic heterocycles. The SMILES string of the molecule is CCOc1cc(/C=N\NC(=O)COc2ccc(Cl)cc2)ccc1OC(=O)c1ccccc1. The molecule has 32 heavy (non-hydrogen) atoms. The number of hydrogen-bond acceptors (Lipinski definition) is 6. The van der Waals surface area contributed by atoms with E-state index in [0.717, 1.165) is 0 Å². The van der Waals surface area contributed by atoms with E-state index in [1.165, 1.54) is 6.21 Å². The summed E-state index contributed by atoms with van der Waals surface area (Å²) >= 11 is 5.81. The van der Waals surface area contributed by atoms with Crippen LogP contribution in [0.3, 0.4) is 0 Å². The fourth-order valence-corrected chi connectivity index (χ4v) is 2.71. The summed E-state index contributed by atoms with van der Waals surface area (Å²) < 4.78 is 16.4. The minimum absolute atomic E-state index is 0.197. The van der Waals surface area contributed by atoms with Crippen molar-refractivity contribution < 1.29 is 23.8 Å². The topological polar surface area (TPSA) is 86.2 Å². The molecule has 164 valence electrons. The van der Waals surface area contributed by atoms with Crippen LogP contribution in [0.4, 0.5) is 0 Å². The molecule has 0 aliphatic rings. The van der Waals surface area contributed by atoms with Crippen LogP contribution in [0, 0.1) is 0 Å². The zero-order valence-electron chi connectivity index (χ0n) is 17.3. The molecule has 3 aromatic carbocycles. The van der Waals surface area contributed by atoms with Gasteiger partial charge in [0.15, 0.2) is 18.1 Å². The summed E-state index contributed by atoms with van der Waals surface area (Å²) in [4.78, 5) is 24.2. The average molecular weight is 453 g/mol. The second-order valence-electron chi connectivity index (χ2n) is 6.43. The van der Waals surface area contributed by atoms with Gasteiger partial charge in [-0.1, -0.05) is 29.8 Å². The number of amides is 1. The number of hydrazone groups is 1. The molecular weight excluding hydrogens is 432 g/mol. The van der Waals surface area contributed by atoms with Gasteiger partial charge in [-0.05, 0) is 67.1 Å². The van der Waals surface area contributed by atoms with E-state index in [0.29, 0.717) is 40.0 Å². The van der Waals surface area contributed by atoms with Gasteiger partial charge in [0, 0.05) is 5.02 Å². The van der Waals surface area contributed by atoms with E-state index >= 15 is 0 Å². The first-order valence-electron chi connectivity index (χ1n) is 9.79. The molecule has 0 fully saturated rings. The van der Waals surface area contributed by atoms with E-state index in [9.17, 15) is 9.59 Å². The number of hydrogen-bond donors (Lipinski definition) is 1. The van der Waals surface area contributed by atoms with Crippen molar-refractivity contribution in [1.29, 1.82) is 0 Å². The van der Waals surface area contributed by atoms with Gasteiger partial charge < -0.3 is 14.2 Å². The maximum Gasteiger partial charge on any atom is 0.343 e. The third kappa shape index (κ3) is 6.85. The minimum Gasteiger partial charge on any atom is -0.490 e. The van der Waals surface area contributed by atoms with Crippen LogP contribution >= 0.6 is 11.6 Å². The molecule has 8 heteroatoms. The van der Waals surface area contributed by atoms with Crippen molar-refractivity contribution in [2.24, 2.45) is 5.10 Å². The maximum absolute atomic E-state index is 12.3. The number of rotatable bonds is 9. The van der Waals surface area contributed by atoms with Crippen molar-refractivity contribution in [1.82, 2.24) is 5.43 Å². The van der Waals surface area contributed by atoms with Gasteiger partial charge >= 0.3 is 5.97 Å². The van der Waals surface area contributed by atoms with E-state index in [2.05, 4.69) is 10.5 Å². The fraction of sp³-hybridized carbons (Fsp3) is 0.125. The van der Waals surface area contributed by atoms with Crippen LogP contribution in [0.15, 0.2) is 77.9 Å². The second kappa shape index (κ2) is 11.5. The van der Waals surface area contributed by atoms with Crippen LogP contribution < -0.4 is 19.6 Å². The predicted molar refractivity (Wildman–Crippen MR) is 122 cm³/mol. The van der Waals surface area contributed by atoms with Crippen molar-refractivity contribution >= 4 is 29.7 Å². The summed E-state index contributed by atoms with van der Waals surface area (Å²) in [6, 6.07) is 20.3. The maximum atomic E-state index is 12.3. The van der Waals surface area contributed by atoms with Gasteiger partial charge in [0.25, 0.3) is 5.91 Å². The van der Waals surface area contributed by atoms with Gasteiger partial charge in [0.2, 0.25) is 0 Å². The first-order valence-corrected chi connectivity index (χ1v) is 10.2. The number of nitrogens with zero attached hydrogens (tertiary/aromatic N) is 1. The van der Waals surface area contributed by atoms with E-state index < -0.39 is 11.9 Å². The summed E-state index contributed by atoms with van der Waals surface area (Å²) in [6.45, 7) is 2.01. The molecule has 0 saturated carbocycles. The Labute approximate surface area is 190 Å². The quantitative estimate of drug-likeness (QED) is 0.224. The lowest BCUT2D eigenvalue weighted by atomic mass is 10.2. The largest absolute Gasteiger partial charge is 0.490 e. The van der Waals surface area contributed by atoms with Gasteiger partial charge in [-0.3, -0.25) is 4.79 Å². The van der Waals surface area contributed by atoms with Crippen LogP contribution in [-0.4, -0.2) is 31.3 Å². The Balaban J connectivity index is 1.58. The van der Waals surface area contributed by atoms with Crippen LogP contribution in [0.5, 0.6) is 17.2 Å². The smallest absolute Gasteiger partial charge is 0.343 e. The third-order valence-electron chi connectivity index (χ3n) is 4.07. The lowest BCUT2D eigenvalue weighted by Crippen LogP contribution is -2.24. The van der Waals surface area contributed by atoms with Crippen molar-refractivity contribution in [3.8, 4) is 17.2 Å². The molecule has 0 aliphatic carbocycles. The summed E-state index contributed by atoms with van der Waals surface area (Å²) in [6.07, 6.45) is 1.45. The summed E-state index contributed by atoms with van der Waals surface area (Å²) in [5.74, 6) is 0.294. The van der Waals surface area contributed by atoms with Crippen LogP contribution in [-0.2, 0) is 4.79 Å². The molecule has 1 amide bonds. The molecule has 3 aromatic rings. The third-order valence-corrected chi connectivity index (χ3v) is 4.32. The highest BCUT2D eigenvalue weighted by molar-refractivity contribution is 6.30. The normalized spacial score (nSPS) is 10.6. The molecular formula is C24H21ClN2O5. The van der Waals surface area contributed by atoms with Gasteiger partial charge in [-0.25, -0.2) is 10.2 Å². The fourth-order valence-electron chi connectivity index (χ4n) is 2.58. The minimum atomic E-state index is -0.485. The Morgan fingerprint density at radius 2 is 1.72 bits per heavy atom. The van der Waals surface area contributed by atoms with E-state index in [-0.39, 0.29) is 6.61 Å². The second-order valence-corrected chi connectivity index (χ2v) is 6.87. The van der Waals surface area contributed by atoms with Gasteiger partial charge in [0.1, 0.15) is 5.75 Å². The van der Waals surface area contributed by atoms with Gasteiger partial charge in [-0.15, -0.1) is 0 Å². The number of carbonyl (C=O) groups excluding carboxylic acids is 2. The zero-order valence-corrected chi connectivity index (χ0v) is 18.0. The van der Waals surface area contributed by atoms with Crippen molar-refractivity contribution in [3.63, 3.8) is 0 Å². The van der Waals surface area contributed by atoms with Crippen molar-refractivity contribution in [2.75, 3.05) is 13.2 Å². The Hall–Kier alpha value is -3.84. The molecule has 0 spiro atoms. The molecule has 0 saturated heterocycles. The number of ether oxygens (including phenoxy) is 3. The highest BCUT2D eigenvalue weighted by Gasteiger charge is 2.13. The first-order chi connectivity index (χ1) is 15.5. The molecule has 0 aliphatic heterocycles. The Kier molecular flexibility index (Phi) is 8.22. The first kappa shape index (κ1) is 22.8. The number of halogens is 1. The molecule has 0 unspecified atom stereocenters. The zero-order chi connectivity index (χ0) is 22.8. The number of benzene rings is 3. The van der Waals surface area contributed by atoms with E-state index in [1.807, 2.05) is 13.0 Å². The van der Waals surface area contributed by atoms with Crippen LogP contribution in [0.2, 0.25) is 5.02 Å². The molecule has 0 bridgehead atoms. The summed E-state index contributed by atoms with van der Waals surface area (Å²) in [5, 5.41) is 4.50. The lowest BCUT2D eigenvalue weighted by Gasteiger charge is -2.11. The monoisotopic (exact) mass is 452 g/mol. The van der Waals surface area contributed by atoms with Gasteiger partial charge in [-0.2, -0.15) is 5.10 Å². The predicted octanol–water partition coefficient (Wildman–Crippen LogP) is 4.49. The standard InChI is InChI=1S/C24H21ClN2O5/c1-2-30-22-14-17(8-13-21(22)32-24(29)18-6-4-3-5-7-18)15-26-27-23(28)16-31-20-11-9-19(25)10-12-20/h3-15H,2,16H2,1H3,(H,27,28)/b26-15-. The van der Waals surface area contributed by atoms with Crippen LogP contribution in [0.25, 0.3) is 0 Å². The highest BCUT2D eigenvalue weighted by atomic mass is 35.5. The van der Waals surface area contributed by atoms with E-state index in [4.69, 9.17) is 25.8 Å². The number of esters is 1. The number of nitrogens with one attached hydrogen (secondary N) is 1. The lowest BCUT2D eigenvalue weighted by molar-refractivity contribution is -0.123.